The largest absolute Gasteiger partial charge is 0.493 e. The number of hydrogen-bond acceptors (Lipinski definition) is 7. The number of methoxy groups -OCH3 is 2. The number of benzene rings is 1. The first-order valence-electron chi connectivity index (χ1n) is 7.72. The summed E-state index contributed by atoms with van der Waals surface area (Å²) in [7, 11) is 3.30. The molecule has 132 valence electrons. The number of halogens is 1. The van der Waals surface area contributed by atoms with Gasteiger partial charge in [-0.05, 0) is 37.1 Å². The van der Waals surface area contributed by atoms with Gasteiger partial charge in [0, 0.05) is 6.04 Å². The van der Waals surface area contributed by atoms with Crippen molar-refractivity contribution in [1.82, 2.24) is 15.0 Å². The fraction of sp³-hybridized carbons (Fsp3) is 0.500. The van der Waals surface area contributed by atoms with Gasteiger partial charge in [0.2, 0.25) is 5.89 Å². The molecule has 1 aliphatic rings. The van der Waals surface area contributed by atoms with Gasteiger partial charge >= 0.3 is 0 Å². The number of ether oxygens (including phenoxy) is 2. The van der Waals surface area contributed by atoms with Gasteiger partial charge < -0.3 is 19.7 Å². The van der Waals surface area contributed by atoms with Crippen molar-refractivity contribution in [2.24, 2.45) is 5.73 Å². The number of hydrogen-bond donors (Lipinski definition) is 1. The highest BCUT2D eigenvalue weighted by Gasteiger charge is 2.28. The maximum atomic E-state index is 5.51. The first-order chi connectivity index (χ1) is 11.2. The van der Waals surface area contributed by atoms with Crippen LogP contribution in [0.15, 0.2) is 22.7 Å². The summed E-state index contributed by atoms with van der Waals surface area (Å²) in [5.74, 6) is 2.65. The van der Waals surface area contributed by atoms with Crippen LogP contribution in [0, 0.1) is 0 Å². The molecule has 1 aromatic heterocycles. The van der Waals surface area contributed by atoms with Gasteiger partial charge in [0.1, 0.15) is 0 Å². The summed E-state index contributed by atoms with van der Waals surface area (Å²) < 4.78 is 15.8. The summed E-state index contributed by atoms with van der Waals surface area (Å²) in [6.07, 6.45) is 2.23. The van der Waals surface area contributed by atoms with Crippen molar-refractivity contribution < 1.29 is 14.0 Å². The first-order valence-corrected chi connectivity index (χ1v) is 7.72. The molecule has 8 heteroatoms. The van der Waals surface area contributed by atoms with Crippen molar-refractivity contribution in [3.63, 3.8) is 0 Å². The average molecular weight is 355 g/mol. The molecular formula is C16H23ClN4O3. The number of nitrogens with two attached hydrogens (primary N) is 1. The average Bonchev–Trinajstić information content (AvgIpc) is 3.23. The smallest absolute Gasteiger partial charge is 0.240 e. The van der Waals surface area contributed by atoms with Crippen LogP contribution in [0.1, 0.15) is 36.2 Å². The summed E-state index contributed by atoms with van der Waals surface area (Å²) in [6, 6.07) is 6.40. The lowest BCUT2D eigenvalue weighted by atomic mass is 10.0. The van der Waals surface area contributed by atoms with Crippen LogP contribution >= 0.6 is 12.4 Å². The molecule has 2 aromatic rings. The van der Waals surface area contributed by atoms with E-state index in [4.69, 9.17) is 19.7 Å². The predicted molar refractivity (Wildman–Crippen MR) is 91.4 cm³/mol. The van der Waals surface area contributed by atoms with E-state index in [1.807, 2.05) is 12.1 Å². The second kappa shape index (κ2) is 8.32. The molecule has 2 N–H and O–H groups in total. The second-order valence-corrected chi connectivity index (χ2v) is 5.55. The van der Waals surface area contributed by atoms with E-state index in [0.29, 0.717) is 24.3 Å². The fourth-order valence-corrected chi connectivity index (χ4v) is 3.07. The number of nitrogens with zero attached hydrogens (tertiary/aromatic N) is 3. The Kier molecular flexibility index (Phi) is 6.42. The van der Waals surface area contributed by atoms with Crippen molar-refractivity contribution in [2.45, 2.75) is 32.0 Å². The maximum absolute atomic E-state index is 5.51. The Morgan fingerprint density at radius 3 is 2.75 bits per heavy atom. The van der Waals surface area contributed by atoms with Gasteiger partial charge in [0.15, 0.2) is 17.3 Å². The molecular weight excluding hydrogens is 332 g/mol. The summed E-state index contributed by atoms with van der Waals surface area (Å²) in [5, 5.41) is 3.99. The third-order valence-electron chi connectivity index (χ3n) is 4.19. The number of rotatable bonds is 6. The topological polar surface area (TPSA) is 86.6 Å². The Morgan fingerprint density at radius 1 is 1.29 bits per heavy atom. The Morgan fingerprint density at radius 2 is 2.08 bits per heavy atom. The van der Waals surface area contributed by atoms with Crippen molar-refractivity contribution in [2.75, 3.05) is 20.8 Å². The van der Waals surface area contributed by atoms with E-state index in [1.54, 1.807) is 14.2 Å². The molecule has 0 radical (unpaired) electrons. The van der Waals surface area contributed by atoms with Crippen LogP contribution in [-0.4, -0.2) is 35.8 Å². The zero-order valence-electron chi connectivity index (χ0n) is 13.9. The van der Waals surface area contributed by atoms with E-state index in [1.165, 1.54) is 5.56 Å². The fourth-order valence-electron chi connectivity index (χ4n) is 3.07. The van der Waals surface area contributed by atoms with Crippen molar-refractivity contribution >= 4 is 12.4 Å². The molecule has 1 aliphatic heterocycles. The van der Waals surface area contributed by atoms with Gasteiger partial charge in [-0.3, -0.25) is 4.90 Å². The summed E-state index contributed by atoms with van der Waals surface area (Å²) in [4.78, 5) is 6.65. The van der Waals surface area contributed by atoms with Crippen LogP contribution < -0.4 is 15.2 Å². The molecule has 3 rings (SSSR count). The minimum Gasteiger partial charge on any atom is -0.493 e. The Bertz CT molecular complexity index is 665. The van der Waals surface area contributed by atoms with Crippen LogP contribution in [0.4, 0.5) is 0 Å². The van der Waals surface area contributed by atoms with Gasteiger partial charge in [-0.15, -0.1) is 12.4 Å². The normalized spacial score (nSPS) is 17.5. The van der Waals surface area contributed by atoms with Crippen molar-refractivity contribution in [3.8, 4) is 11.5 Å². The lowest BCUT2D eigenvalue weighted by Gasteiger charge is -2.24. The van der Waals surface area contributed by atoms with Crippen LogP contribution in [0.5, 0.6) is 11.5 Å². The van der Waals surface area contributed by atoms with Crippen molar-refractivity contribution in [3.05, 3.63) is 35.5 Å². The van der Waals surface area contributed by atoms with Crippen molar-refractivity contribution in [1.29, 1.82) is 0 Å². The summed E-state index contributed by atoms with van der Waals surface area (Å²) in [5.41, 5.74) is 6.72. The zero-order chi connectivity index (χ0) is 16.2. The van der Waals surface area contributed by atoms with Gasteiger partial charge in [-0.1, -0.05) is 11.2 Å². The third-order valence-corrected chi connectivity index (χ3v) is 4.19. The molecule has 0 spiro atoms. The van der Waals surface area contributed by atoms with E-state index < -0.39 is 0 Å². The highest BCUT2D eigenvalue weighted by molar-refractivity contribution is 5.85. The zero-order valence-corrected chi connectivity index (χ0v) is 14.7. The molecule has 2 heterocycles. The number of likely N-dealkylation sites (tertiary alicyclic amines) is 1. The molecule has 0 amide bonds. The molecule has 1 fully saturated rings. The summed E-state index contributed by atoms with van der Waals surface area (Å²) in [6.45, 7) is 1.93. The highest BCUT2D eigenvalue weighted by atomic mass is 35.5. The Balaban J connectivity index is 0.00000208. The predicted octanol–water partition coefficient (Wildman–Crippen LogP) is 2.30. The minimum atomic E-state index is 0. The molecule has 0 bridgehead atoms. The van der Waals surface area contributed by atoms with Crippen LogP contribution in [0.2, 0.25) is 0 Å². The Labute approximate surface area is 147 Å². The van der Waals surface area contributed by atoms with Crippen LogP contribution in [-0.2, 0) is 13.1 Å². The Hall–Kier alpha value is -1.83. The van der Waals surface area contributed by atoms with E-state index in [9.17, 15) is 0 Å². The van der Waals surface area contributed by atoms with E-state index in [-0.39, 0.29) is 19.0 Å². The second-order valence-electron chi connectivity index (χ2n) is 5.55. The lowest BCUT2D eigenvalue weighted by molar-refractivity contribution is 0.237. The lowest BCUT2D eigenvalue weighted by Crippen LogP contribution is -2.23. The summed E-state index contributed by atoms with van der Waals surface area (Å²) >= 11 is 0. The third kappa shape index (κ3) is 3.80. The quantitative estimate of drug-likeness (QED) is 0.851. The van der Waals surface area contributed by atoms with Gasteiger partial charge in [0.25, 0.3) is 0 Å². The molecule has 0 saturated carbocycles. The molecule has 0 aliphatic carbocycles. The maximum Gasteiger partial charge on any atom is 0.240 e. The van der Waals surface area contributed by atoms with E-state index in [0.717, 1.165) is 30.9 Å². The SMILES string of the molecule is COc1ccc(C2CCCN2Cc2noc(CN)n2)cc1OC.Cl. The molecule has 24 heavy (non-hydrogen) atoms. The van der Waals surface area contributed by atoms with Gasteiger partial charge in [-0.2, -0.15) is 4.98 Å². The monoisotopic (exact) mass is 354 g/mol. The highest BCUT2D eigenvalue weighted by Crippen LogP contribution is 2.37. The van der Waals surface area contributed by atoms with Gasteiger partial charge in [0.05, 0.1) is 27.3 Å². The molecule has 1 aromatic carbocycles. The minimum absolute atomic E-state index is 0. The molecule has 1 unspecified atom stereocenters. The van der Waals surface area contributed by atoms with E-state index in [2.05, 4.69) is 21.1 Å². The molecule has 1 atom stereocenters. The molecule has 1 saturated heterocycles. The molecule has 7 nitrogen and oxygen atoms in total. The standard InChI is InChI=1S/C16H22N4O3.ClH/c1-21-13-6-5-11(8-14(13)22-2)12-4-3-7-20(12)10-15-18-16(9-17)23-19-15;/h5-6,8,12H,3-4,7,9-10,17H2,1-2H3;1H. The van der Waals surface area contributed by atoms with E-state index >= 15 is 0 Å². The first kappa shape index (κ1) is 18.5. The van der Waals surface area contributed by atoms with Crippen LogP contribution in [0.3, 0.4) is 0 Å². The van der Waals surface area contributed by atoms with Gasteiger partial charge in [-0.25, -0.2) is 0 Å². The van der Waals surface area contributed by atoms with Crippen LogP contribution in [0.25, 0.3) is 0 Å². The number of aromatic nitrogens is 2.